The molecule has 7 aromatic rings. The van der Waals surface area contributed by atoms with Gasteiger partial charge in [-0.1, -0.05) is 126 Å². The molecular weight excluding hydrogens is 804 g/mol. The van der Waals surface area contributed by atoms with E-state index in [1.54, 1.807) is 0 Å². The summed E-state index contributed by atoms with van der Waals surface area (Å²) in [5, 5.41) is 3.96. The lowest BCUT2D eigenvalue weighted by Crippen LogP contribution is -2.61. The summed E-state index contributed by atoms with van der Waals surface area (Å²) in [6.07, 6.45) is 7.20. The van der Waals surface area contributed by atoms with Gasteiger partial charge in [-0.15, -0.1) is 11.3 Å². The van der Waals surface area contributed by atoms with Crippen LogP contribution in [-0.4, -0.2) is 6.71 Å². The van der Waals surface area contributed by atoms with Crippen LogP contribution in [0.3, 0.4) is 0 Å². The van der Waals surface area contributed by atoms with Gasteiger partial charge in [-0.05, 0) is 193 Å². The highest BCUT2D eigenvalue weighted by molar-refractivity contribution is 7.33. The van der Waals surface area contributed by atoms with Crippen LogP contribution < -0.4 is 25.5 Å². The van der Waals surface area contributed by atoms with Crippen molar-refractivity contribution >= 4 is 88.7 Å². The topological polar surface area (TPSA) is 6.48 Å². The smallest absolute Gasteiger partial charge is 0.264 e. The highest BCUT2D eigenvalue weighted by Gasteiger charge is 2.49. The third-order valence-electron chi connectivity index (χ3n) is 17.8. The molecule has 0 bridgehead atoms. The second-order valence-electron chi connectivity index (χ2n) is 25.1. The third kappa shape index (κ3) is 5.90. The van der Waals surface area contributed by atoms with Crippen LogP contribution in [0.25, 0.3) is 20.9 Å². The maximum absolute atomic E-state index is 2.72. The van der Waals surface area contributed by atoms with Crippen molar-refractivity contribution in [2.75, 3.05) is 9.80 Å². The highest BCUT2D eigenvalue weighted by atomic mass is 32.1. The lowest BCUT2D eigenvalue weighted by molar-refractivity contribution is 0.332. The van der Waals surface area contributed by atoms with E-state index < -0.39 is 0 Å². The van der Waals surface area contributed by atoms with Crippen molar-refractivity contribution < 1.29 is 0 Å². The maximum Gasteiger partial charge on any atom is 0.264 e. The fourth-order valence-corrected chi connectivity index (χ4v) is 14.7. The van der Waals surface area contributed by atoms with Crippen molar-refractivity contribution in [3.05, 3.63) is 136 Å². The quantitative estimate of drug-likeness (QED) is 0.160. The average molecular weight is 871 g/mol. The molecule has 6 aromatic carbocycles. The van der Waals surface area contributed by atoms with Crippen molar-refractivity contribution in [1.82, 2.24) is 0 Å². The first kappa shape index (κ1) is 41.6. The van der Waals surface area contributed by atoms with E-state index in [0.717, 1.165) is 0 Å². The molecular formula is C61H67BN2S. The van der Waals surface area contributed by atoms with Gasteiger partial charge in [0.15, 0.2) is 0 Å². The Morgan fingerprint density at radius 1 is 0.446 bits per heavy atom. The molecule has 0 N–H and O–H groups in total. The minimum Gasteiger partial charge on any atom is -0.311 e. The van der Waals surface area contributed by atoms with Gasteiger partial charge >= 0.3 is 0 Å². The summed E-state index contributed by atoms with van der Waals surface area (Å²) in [6, 6.07) is 39.4. The van der Waals surface area contributed by atoms with Crippen LogP contribution in [0.1, 0.15) is 161 Å². The molecule has 0 amide bonds. The molecule has 0 unspecified atom stereocenters. The largest absolute Gasteiger partial charge is 0.311 e. The van der Waals surface area contributed by atoms with Crippen molar-refractivity contribution in [3.63, 3.8) is 0 Å². The molecule has 4 heteroatoms. The van der Waals surface area contributed by atoms with Gasteiger partial charge in [0, 0.05) is 43.3 Å². The second kappa shape index (κ2) is 13.2. The Morgan fingerprint density at radius 2 is 0.938 bits per heavy atom. The molecule has 2 nitrogen and oxygen atoms in total. The van der Waals surface area contributed by atoms with E-state index >= 15 is 0 Å². The zero-order valence-corrected chi connectivity index (χ0v) is 42.2. The van der Waals surface area contributed by atoms with Crippen molar-refractivity contribution in [3.8, 4) is 0 Å². The Hall–Kier alpha value is -4.80. The lowest BCUT2D eigenvalue weighted by Gasteiger charge is -2.47. The first-order chi connectivity index (χ1) is 30.6. The molecule has 2 aliphatic heterocycles. The normalized spacial score (nSPS) is 21.0. The summed E-state index contributed by atoms with van der Waals surface area (Å²) in [5.74, 6) is 0. The van der Waals surface area contributed by atoms with Crippen LogP contribution in [0, 0.1) is 6.92 Å². The van der Waals surface area contributed by atoms with Crippen molar-refractivity contribution in [1.29, 1.82) is 0 Å². The molecule has 12 rings (SSSR count). The van der Waals surface area contributed by atoms with E-state index in [-0.39, 0.29) is 39.2 Å². The van der Waals surface area contributed by atoms with E-state index in [9.17, 15) is 0 Å². The van der Waals surface area contributed by atoms with Crippen LogP contribution in [0.2, 0.25) is 0 Å². The Bertz CT molecular complexity index is 3210. The van der Waals surface area contributed by atoms with Gasteiger partial charge in [-0.25, -0.2) is 0 Å². The number of aryl methyl sites for hydroxylation is 1. The summed E-state index contributed by atoms with van der Waals surface area (Å²) in [5.41, 5.74) is 21.9. The summed E-state index contributed by atoms with van der Waals surface area (Å²) >= 11 is 2.07. The van der Waals surface area contributed by atoms with Crippen LogP contribution in [0.5, 0.6) is 0 Å². The molecule has 0 radical (unpaired) electrons. The molecule has 0 fully saturated rings. The molecule has 0 spiro atoms. The summed E-state index contributed by atoms with van der Waals surface area (Å²) < 4.78 is 2.89. The van der Waals surface area contributed by atoms with Gasteiger partial charge < -0.3 is 9.80 Å². The van der Waals surface area contributed by atoms with Crippen molar-refractivity contribution in [2.45, 2.75) is 161 Å². The van der Waals surface area contributed by atoms with E-state index in [2.05, 4.69) is 208 Å². The number of rotatable bonds is 2. The molecule has 330 valence electrons. The standard InChI is InChI=1S/C61H67BN2S/c1-36-28-50-53-51(29-36)64(39-19-18-37-16-14-15-17-38(37)30-39)54-41-32-44-47(61(12,13)27-24-58(44,6)7)35-52(41)65-55(54)62(53)48-33-45-46(60(10,11)26-25-59(45,8)9)34-49(48)63(50)40-20-21-42-43(31-40)57(4,5)23-22-56(42,2)3/h14-21,28-35H,22-27H2,1-13H3. The van der Waals surface area contributed by atoms with Crippen LogP contribution in [0.15, 0.2) is 97.1 Å². The van der Waals surface area contributed by atoms with Gasteiger partial charge in [0.2, 0.25) is 0 Å². The Kier molecular flexibility index (Phi) is 8.46. The third-order valence-corrected chi connectivity index (χ3v) is 19.0. The first-order valence-corrected chi connectivity index (χ1v) is 25.6. The first-order valence-electron chi connectivity index (χ1n) is 24.8. The number of hydrogen-bond donors (Lipinski definition) is 0. The minimum absolute atomic E-state index is 0.0758. The molecule has 3 heterocycles. The predicted molar refractivity (Wildman–Crippen MR) is 284 cm³/mol. The van der Waals surface area contributed by atoms with Gasteiger partial charge in [-0.3, -0.25) is 0 Å². The molecule has 65 heavy (non-hydrogen) atoms. The van der Waals surface area contributed by atoms with Crippen LogP contribution >= 0.6 is 11.3 Å². The zero-order chi connectivity index (χ0) is 45.5. The predicted octanol–water partition coefficient (Wildman–Crippen LogP) is 15.5. The van der Waals surface area contributed by atoms with Gasteiger partial charge in [0.25, 0.3) is 6.71 Å². The van der Waals surface area contributed by atoms with Gasteiger partial charge in [0.1, 0.15) is 0 Å². The monoisotopic (exact) mass is 871 g/mol. The molecule has 0 atom stereocenters. The Balaban J connectivity index is 1.22. The number of nitrogens with zero attached hydrogens (tertiary/aromatic N) is 2. The molecule has 0 saturated heterocycles. The average Bonchev–Trinajstić information content (AvgIpc) is 3.63. The summed E-state index contributed by atoms with van der Waals surface area (Å²) in [7, 11) is 0. The van der Waals surface area contributed by atoms with Crippen LogP contribution in [-0.2, 0) is 32.5 Å². The number of hydrogen-bond acceptors (Lipinski definition) is 3. The van der Waals surface area contributed by atoms with Gasteiger partial charge in [0.05, 0.1) is 5.69 Å². The second-order valence-corrected chi connectivity index (χ2v) is 26.1. The summed E-state index contributed by atoms with van der Waals surface area (Å²) in [6.45, 7) is 32.2. The highest BCUT2D eigenvalue weighted by Crippen LogP contribution is 2.55. The zero-order valence-electron chi connectivity index (χ0n) is 41.4. The lowest BCUT2D eigenvalue weighted by atomic mass is 9.35. The Morgan fingerprint density at radius 3 is 1.57 bits per heavy atom. The van der Waals surface area contributed by atoms with E-state index in [4.69, 9.17) is 0 Å². The maximum atomic E-state index is 2.72. The molecule has 5 aliphatic rings. The number of benzene rings is 6. The van der Waals surface area contributed by atoms with E-state index in [0.29, 0.717) is 0 Å². The number of anilines is 6. The number of fused-ring (bicyclic) bond motifs is 10. The number of thiophene rings is 1. The fraction of sp³-hybridized carbons (Fsp3) is 0.410. The van der Waals surface area contributed by atoms with E-state index in [1.807, 2.05) is 0 Å². The van der Waals surface area contributed by atoms with E-state index in [1.165, 1.54) is 148 Å². The fourth-order valence-electron chi connectivity index (χ4n) is 13.3. The van der Waals surface area contributed by atoms with Crippen LogP contribution in [0.4, 0.5) is 34.1 Å². The van der Waals surface area contributed by atoms with Crippen molar-refractivity contribution in [2.24, 2.45) is 0 Å². The Labute approximate surface area is 393 Å². The molecule has 0 saturated carbocycles. The minimum atomic E-state index is 0.0758. The van der Waals surface area contributed by atoms with Gasteiger partial charge in [-0.2, -0.15) is 0 Å². The molecule has 1 aromatic heterocycles. The SMILES string of the molecule is Cc1cc2c3c(c1)N(c1ccc4ccccc4c1)c1c(sc4cc5c(cc14)C(C)(C)CCC5(C)C)B3c1cc3c(cc1N2c1ccc2c(c1)C(C)(C)CCC2(C)C)C(C)(C)CCC3(C)C. The molecule has 3 aliphatic carbocycles. The summed E-state index contributed by atoms with van der Waals surface area (Å²) in [4.78, 5) is 5.41.